The maximum Gasteiger partial charge on any atom is 0.353 e. The Morgan fingerprint density at radius 1 is 1.44 bits per heavy atom. The number of aromatic nitrogens is 1. The van der Waals surface area contributed by atoms with E-state index in [-0.39, 0.29) is 34.6 Å². The molecule has 4 heterocycles. The number of hydrogen-bond donors (Lipinski definition) is 4. The summed E-state index contributed by atoms with van der Waals surface area (Å²) in [7, 11) is 0. The van der Waals surface area contributed by atoms with Crippen molar-refractivity contribution in [3.8, 4) is 0 Å². The summed E-state index contributed by atoms with van der Waals surface area (Å²) in [4.78, 5) is 54.2. The first-order chi connectivity index (χ1) is 15.3. The van der Waals surface area contributed by atoms with E-state index in [1.807, 2.05) is 0 Å². The van der Waals surface area contributed by atoms with Crippen molar-refractivity contribution < 1.29 is 34.2 Å². The van der Waals surface area contributed by atoms with Crippen LogP contribution in [0.4, 0.5) is 5.13 Å². The molecule has 15 heteroatoms. The zero-order valence-electron chi connectivity index (χ0n) is 16.0. The molecule has 1 aromatic heterocycles. The smallest absolute Gasteiger partial charge is 0.353 e. The summed E-state index contributed by atoms with van der Waals surface area (Å²) in [6.45, 7) is 0.189. The van der Waals surface area contributed by atoms with Gasteiger partial charge in [-0.1, -0.05) is 5.16 Å². The minimum absolute atomic E-state index is 0.0528. The number of nitrogen functional groups attached to an aromatic ring is 1. The monoisotopic (exact) mass is 497 g/mol. The molecule has 1 saturated heterocycles. The van der Waals surface area contributed by atoms with Gasteiger partial charge in [0, 0.05) is 27.4 Å². The zero-order valence-corrected chi connectivity index (χ0v) is 18.5. The standard InChI is InChI=1S/C17H15N5O7S3/c18-17-19-7(4-32-17)9(21-28)12(23)20-10-13(24)22-11(15(25)26)8(5-31-14(10)22)30-3-6-1-2-29-16(6)27/h1,4,10,14,28H,2-3,5H2,(H2,18,19)(H,20,23)(H,25,26)/b21-9-/t10-,14-/m1/s1. The van der Waals surface area contributed by atoms with Gasteiger partial charge in [-0.25, -0.2) is 14.6 Å². The average Bonchev–Trinajstić information content (AvgIpc) is 3.37. The lowest BCUT2D eigenvalue weighted by atomic mass is 10.0. The fourth-order valence-electron chi connectivity index (χ4n) is 3.20. The third-order valence-corrected chi connectivity index (χ3v) is 7.99. The van der Waals surface area contributed by atoms with Gasteiger partial charge in [-0.15, -0.1) is 34.9 Å². The molecule has 3 aliphatic heterocycles. The van der Waals surface area contributed by atoms with Crippen LogP contribution in [-0.2, 0) is 23.9 Å². The Morgan fingerprint density at radius 2 is 2.22 bits per heavy atom. The minimum Gasteiger partial charge on any atom is -0.477 e. The van der Waals surface area contributed by atoms with Crippen molar-refractivity contribution in [3.63, 3.8) is 0 Å². The first kappa shape index (κ1) is 22.2. The number of hydrogen-bond acceptors (Lipinski definition) is 12. The number of rotatable bonds is 7. The number of thiazole rings is 1. The summed E-state index contributed by atoms with van der Waals surface area (Å²) in [6.07, 6.45) is 1.63. The number of thioether (sulfide) groups is 2. The molecule has 12 nitrogen and oxygen atoms in total. The number of aliphatic carboxylic acids is 1. The molecule has 0 aromatic carbocycles. The number of oxime groups is 1. The quantitative estimate of drug-likeness (QED) is 0.129. The number of nitrogens with one attached hydrogen (secondary N) is 1. The van der Waals surface area contributed by atoms with Crippen LogP contribution in [0.5, 0.6) is 0 Å². The third-order valence-electron chi connectivity index (χ3n) is 4.71. The number of nitrogens with two attached hydrogens (primary N) is 1. The summed E-state index contributed by atoms with van der Waals surface area (Å²) in [5, 5.41) is 25.3. The molecular formula is C17H15N5O7S3. The maximum absolute atomic E-state index is 12.7. The molecule has 3 aliphatic rings. The number of amides is 2. The van der Waals surface area contributed by atoms with Crippen LogP contribution in [0, 0.1) is 0 Å². The molecule has 1 aromatic rings. The number of nitrogens with zero attached hydrogens (tertiary/aromatic N) is 3. The number of carbonyl (C=O) groups excluding carboxylic acids is 3. The molecule has 0 bridgehead atoms. The number of anilines is 1. The lowest BCUT2D eigenvalue weighted by molar-refractivity contribution is -0.150. The lowest BCUT2D eigenvalue weighted by Crippen LogP contribution is -2.71. The molecule has 5 N–H and O–H groups in total. The average molecular weight is 498 g/mol. The third kappa shape index (κ3) is 3.93. The van der Waals surface area contributed by atoms with E-state index < -0.39 is 40.9 Å². The molecular weight excluding hydrogens is 482 g/mol. The number of ether oxygens (including phenoxy) is 1. The molecule has 0 radical (unpaired) electrons. The second-order valence-electron chi connectivity index (χ2n) is 6.57. The molecule has 4 rings (SSSR count). The number of cyclic esters (lactones) is 1. The SMILES string of the molecule is Nc1nc(/C(=N/O)C(=O)N[C@@H]2C(=O)N3C(C(=O)O)=C(SCC4=CCOC4=O)CS[C@H]23)cs1. The van der Waals surface area contributed by atoms with E-state index in [1.165, 1.54) is 17.1 Å². The predicted octanol–water partition coefficient (Wildman–Crippen LogP) is -0.184. The van der Waals surface area contributed by atoms with Crippen LogP contribution in [0.1, 0.15) is 5.69 Å². The molecule has 2 atom stereocenters. The van der Waals surface area contributed by atoms with Gasteiger partial charge in [-0.05, 0) is 6.08 Å². The maximum atomic E-state index is 12.7. The highest BCUT2D eigenvalue weighted by molar-refractivity contribution is 8.06. The van der Waals surface area contributed by atoms with Gasteiger partial charge >= 0.3 is 11.9 Å². The molecule has 0 unspecified atom stereocenters. The van der Waals surface area contributed by atoms with E-state index in [0.717, 1.165) is 28.0 Å². The summed E-state index contributed by atoms with van der Waals surface area (Å²) in [5.74, 6) is -2.67. The van der Waals surface area contributed by atoms with Crippen LogP contribution >= 0.6 is 34.9 Å². The minimum atomic E-state index is -1.28. The van der Waals surface area contributed by atoms with E-state index in [1.54, 1.807) is 6.08 Å². The second kappa shape index (κ2) is 8.84. The van der Waals surface area contributed by atoms with Gasteiger partial charge in [-0.2, -0.15) is 0 Å². The van der Waals surface area contributed by atoms with E-state index in [4.69, 9.17) is 10.5 Å². The summed E-state index contributed by atoms with van der Waals surface area (Å²) in [5.41, 5.74) is 5.44. The van der Waals surface area contributed by atoms with E-state index >= 15 is 0 Å². The van der Waals surface area contributed by atoms with Crippen molar-refractivity contribution in [1.29, 1.82) is 0 Å². The lowest BCUT2D eigenvalue weighted by Gasteiger charge is -2.49. The number of carboxylic acid groups (broad SMARTS) is 1. The van der Waals surface area contributed by atoms with Crippen molar-refractivity contribution in [2.45, 2.75) is 11.4 Å². The highest BCUT2D eigenvalue weighted by Gasteiger charge is 2.54. The first-order valence-electron chi connectivity index (χ1n) is 8.96. The Morgan fingerprint density at radius 3 is 2.81 bits per heavy atom. The van der Waals surface area contributed by atoms with Gasteiger partial charge in [0.05, 0.1) is 0 Å². The summed E-state index contributed by atoms with van der Waals surface area (Å²) < 4.78 is 4.83. The van der Waals surface area contributed by atoms with Crippen LogP contribution < -0.4 is 11.1 Å². The number of carbonyl (C=O) groups is 4. The number of β-lactam (4-membered cyclic amide) rings is 1. The molecule has 168 valence electrons. The molecule has 1 fully saturated rings. The molecule has 0 saturated carbocycles. The Kier molecular flexibility index (Phi) is 6.12. The van der Waals surface area contributed by atoms with E-state index in [0.29, 0.717) is 10.5 Å². The fraction of sp³-hybridized carbons (Fsp3) is 0.294. The van der Waals surface area contributed by atoms with Gasteiger partial charge in [0.15, 0.2) is 10.8 Å². The fourth-order valence-corrected chi connectivity index (χ4v) is 6.36. The molecule has 0 aliphatic carbocycles. The molecule has 32 heavy (non-hydrogen) atoms. The molecule has 0 spiro atoms. The normalized spacial score (nSPS) is 22.8. The Balaban J connectivity index is 1.47. The van der Waals surface area contributed by atoms with Gasteiger partial charge < -0.3 is 26.1 Å². The van der Waals surface area contributed by atoms with Gasteiger partial charge in [0.25, 0.3) is 11.8 Å². The van der Waals surface area contributed by atoms with Crippen molar-refractivity contribution in [2.75, 3.05) is 23.8 Å². The number of carboxylic acids is 1. The largest absolute Gasteiger partial charge is 0.477 e. The van der Waals surface area contributed by atoms with Crippen LogP contribution in [0.15, 0.2) is 32.8 Å². The topological polar surface area (TPSA) is 185 Å². The van der Waals surface area contributed by atoms with Crippen LogP contribution in [0.3, 0.4) is 0 Å². The number of fused-ring (bicyclic) bond motifs is 1. The highest BCUT2D eigenvalue weighted by atomic mass is 32.2. The summed E-state index contributed by atoms with van der Waals surface area (Å²) in [6, 6.07) is -1.01. The van der Waals surface area contributed by atoms with Crippen molar-refractivity contribution in [2.24, 2.45) is 5.16 Å². The van der Waals surface area contributed by atoms with E-state index in [9.17, 15) is 29.5 Å². The van der Waals surface area contributed by atoms with Crippen LogP contribution in [0.25, 0.3) is 0 Å². The Bertz CT molecular complexity index is 1110. The van der Waals surface area contributed by atoms with Crippen LogP contribution in [-0.4, -0.2) is 79.2 Å². The molecule has 2 amide bonds. The van der Waals surface area contributed by atoms with E-state index in [2.05, 4.69) is 15.5 Å². The van der Waals surface area contributed by atoms with Crippen molar-refractivity contribution >= 4 is 69.5 Å². The van der Waals surface area contributed by atoms with Gasteiger partial charge in [0.2, 0.25) is 0 Å². The highest BCUT2D eigenvalue weighted by Crippen LogP contribution is 2.43. The van der Waals surface area contributed by atoms with Crippen molar-refractivity contribution in [3.05, 3.63) is 33.3 Å². The number of esters is 1. The summed E-state index contributed by atoms with van der Waals surface area (Å²) >= 11 is 3.48. The predicted molar refractivity (Wildman–Crippen MR) is 116 cm³/mol. The van der Waals surface area contributed by atoms with Gasteiger partial charge in [0.1, 0.15) is 29.4 Å². The van der Waals surface area contributed by atoms with Gasteiger partial charge in [-0.3, -0.25) is 14.5 Å². The first-order valence-corrected chi connectivity index (χ1v) is 11.9. The second-order valence-corrected chi connectivity index (χ2v) is 9.64. The Labute approximate surface area is 192 Å². The van der Waals surface area contributed by atoms with Crippen LogP contribution in [0.2, 0.25) is 0 Å². The van der Waals surface area contributed by atoms with Crippen molar-refractivity contribution in [1.82, 2.24) is 15.2 Å². The zero-order chi connectivity index (χ0) is 23.0. The Hall–Kier alpha value is -3.04.